The smallest absolute Gasteiger partial charge is 0.481 e. The van der Waals surface area contributed by atoms with Crippen molar-refractivity contribution in [1.82, 2.24) is 0 Å². The van der Waals surface area contributed by atoms with Gasteiger partial charge in [0.25, 0.3) is 0 Å². The number of allylic oxidation sites excluding steroid dienone is 1. The van der Waals surface area contributed by atoms with Crippen molar-refractivity contribution in [3.63, 3.8) is 0 Å². The van der Waals surface area contributed by atoms with Crippen molar-refractivity contribution < 1.29 is 44.3 Å². The molecule has 0 aromatic heterocycles. The number of carboxylic acid groups (broad SMARTS) is 1. The van der Waals surface area contributed by atoms with Crippen LogP contribution in [0.4, 0.5) is 0 Å². The number of carbonyl (C=O) groups excluding carboxylic acids is 1. The first kappa shape index (κ1) is 19.6. The van der Waals surface area contributed by atoms with Gasteiger partial charge in [-0.15, -0.1) is 12.6 Å². The Hall–Kier alpha value is 0.0600. The van der Waals surface area contributed by atoms with Crippen LogP contribution in [0, 0.1) is 6.92 Å². The van der Waals surface area contributed by atoms with Gasteiger partial charge in [0.1, 0.15) is 0 Å². The number of hydrogen-bond acceptors (Lipinski definition) is 3. The summed E-state index contributed by atoms with van der Waals surface area (Å²) in [6.07, 6.45) is 1.56. The number of hydrogen-bond donors (Lipinski definition) is 3. The summed E-state index contributed by atoms with van der Waals surface area (Å²) in [6.45, 7) is 6.50. The molecule has 0 aliphatic carbocycles. The number of nitrogens with two attached hydrogens (primary N) is 1. The number of aliphatic carboxylic acids is 1. The SMILES string of the molecule is C=C[CH2-].N[C@@H](CCC(=O)O)C(=O)S.[Na+]. The van der Waals surface area contributed by atoms with E-state index in [-0.39, 0.29) is 42.4 Å². The van der Waals surface area contributed by atoms with Crippen LogP contribution < -0.4 is 35.3 Å². The third-order valence-corrected chi connectivity index (χ3v) is 1.32. The number of rotatable bonds is 4. The van der Waals surface area contributed by atoms with Crippen LogP contribution in [-0.4, -0.2) is 22.2 Å². The van der Waals surface area contributed by atoms with E-state index in [4.69, 9.17) is 10.8 Å². The van der Waals surface area contributed by atoms with Gasteiger partial charge >= 0.3 is 35.5 Å². The van der Waals surface area contributed by atoms with Crippen LogP contribution >= 0.6 is 12.6 Å². The first-order valence-electron chi connectivity index (χ1n) is 3.56. The van der Waals surface area contributed by atoms with Crippen molar-refractivity contribution in [2.75, 3.05) is 0 Å². The maximum atomic E-state index is 10.3. The molecule has 0 unspecified atom stereocenters. The maximum Gasteiger partial charge on any atom is 1.00 e. The molecule has 0 bridgehead atoms. The van der Waals surface area contributed by atoms with Crippen molar-refractivity contribution in [2.45, 2.75) is 18.9 Å². The summed E-state index contributed by atoms with van der Waals surface area (Å²) in [4.78, 5) is 20.2. The molecule has 0 radical (unpaired) electrons. The summed E-state index contributed by atoms with van der Waals surface area (Å²) in [5.41, 5.74) is 5.18. The second kappa shape index (κ2) is 13.1. The topological polar surface area (TPSA) is 80.4 Å². The van der Waals surface area contributed by atoms with Crippen LogP contribution in [-0.2, 0) is 9.59 Å². The van der Waals surface area contributed by atoms with Gasteiger partial charge in [-0.25, -0.2) is 19.6 Å². The number of carbonyl (C=O) groups is 2. The van der Waals surface area contributed by atoms with Crippen molar-refractivity contribution in [2.24, 2.45) is 5.73 Å². The Labute approximate surface area is 112 Å². The molecule has 1 atom stereocenters. The molecule has 0 saturated heterocycles. The van der Waals surface area contributed by atoms with Crippen LogP contribution in [0.15, 0.2) is 12.7 Å². The van der Waals surface area contributed by atoms with Gasteiger partial charge in [-0.05, 0) is 6.42 Å². The summed E-state index contributed by atoms with van der Waals surface area (Å²) < 4.78 is 0. The zero-order chi connectivity index (χ0) is 10.9. The van der Waals surface area contributed by atoms with Gasteiger partial charge in [0.2, 0.25) is 5.12 Å². The van der Waals surface area contributed by atoms with Gasteiger partial charge < -0.3 is 10.8 Å². The van der Waals surface area contributed by atoms with Crippen molar-refractivity contribution >= 4 is 23.7 Å². The van der Waals surface area contributed by atoms with E-state index < -0.39 is 17.1 Å². The molecular weight excluding hydrogens is 213 g/mol. The van der Waals surface area contributed by atoms with E-state index in [1.165, 1.54) is 6.08 Å². The van der Waals surface area contributed by atoms with E-state index in [1.54, 1.807) is 0 Å². The molecule has 4 nitrogen and oxygen atoms in total. The van der Waals surface area contributed by atoms with Crippen LogP contribution in [0.5, 0.6) is 0 Å². The summed E-state index contributed by atoms with van der Waals surface area (Å²) in [5, 5.41) is 7.68. The maximum absolute atomic E-state index is 10.3. The van der Waals surface area contributed by atoms with Gasteiger partial charge in [-0.3, -0.25) is 9.59 Å². The molecule has 3 N–H and O–H groups in total. The Balaban J connectivity index is -0.000000267. The monoisotopic (exact) mass is 227 g/mol. The van der Waals surface area contributed by atoms with Gasteiger partial charge in [-0.2, -0.15) is 0 Å². The zero-order valence-electron chi connectivity index (χ0n) is 8.27. The molecule has 0 aliphatic rings. The van der Waals surface area contributed by atoms with E-state index in [9.17, 15) is 9.59 Å². The predicted molar refractivity (Wildman–Crippen MR) is 54.4 cm³/mol. The van der Waals surface area contributed by atoms with E-state index in [1.807, 2.05) is 0 Å². The average molecular weight is 227 g/mol. The predicted octanol–water partition coefficient (Wildman–Crippen LogP) is -2.35. The second-order valence-electron chi connectivity index (χ2n) is 2.17. The van der Waals surface area contributed by atoms with E-state index >= 15 is 0 Å². The van der Waals surface area contributed by atoms with Crippen molar-refractivity contribution in [3.8, 4) is 0 Å². The number of thiol groups is 1. The zero-order valence-corrected chi connectivity index (χ0v) is 11.2. The Morgan fingerprint density at radius 3 is 2.21 bits per heavy atom. The minimum absolute atomic E-state index is 0. The summed E-state index contributed by atoms with van der Waals surface area (Å²) in [5.74, 6) is -0.954. The second-order valence-corrected chi connectivity index (χ2v) is 2.61. The average Bonchev–Trinajstić information content (AvgIpc) is 2.01. The van der Waals surface area contributed by atoms with E-state index in [0.29, 0.717) is 0 Å². The van der Waals surface area contributed by atoms with Crippen LogP contribution in [0.2, 0.25) is 0 Å². The Bertz CT molecular complexity index is 187. The molecule has 0 amide bonds. The van der Waals surface area contributed by atoms with E-state index in [2.05, 4.69) is 26.1 Å². The third kappa shape index (κ3) is 18.0. The first-order chi connectivity index (χ1) is 5.95. The molecule has 14 heavy (non-hydrogen) atoms. The van der Waals surface area contributed by atoms with Crippen LogP contribution in [0.3, 0.4) is 0 Å². The molecular formula is C8H14NNaO3S. The van der Waals surface area contributed by atoms with Crippen LogP contribution in [0.1, 0.15) is 12.8 Å². The quantitative estimate of drug-likeness (QED) is 0.285. The molecule has 76 valence electrons. The fourth-order valence-corrected chi connectivity index (χ4v) is 0.532. The summed E-state index contributed by atoms with van der Waals surface area (Å²) in [6, 6.07) is -0.751. The van der Waals surface area contributed by atoms with Crippen molar-refractivity contribution in [1.29, 1.82) is 0 Å². The largest absolute Gasteiger partial charge is 1.00 e. The molecule has 6 heteroatoms. The Morgan fingerprint density at radius 1 is 1.64 bits per heavy atom. The normalized spacial score (nSPS) is 9.86. The molecule has 0 aromatic rings. The molecule has 0 aromatic carbocycles. The van der Waals surface area contributed by atoms with Gasteiger partial charge in [-0.1, -0.05) is 0 Å². The molecule has 0 heterocycles. The standard InChI is InChI=1S/C5H9NO3S.C3H5.Na/c6-3(5(9)10)1-2-4(7)8;1-3-2;/h3H,1-2,6H2,(H,7,8)(H,9,10);3H,1-2H2;/q;-1;+1/t3-;;/m0../s1. The Morgan fingerprint density at radius 2 is 2.00 bits per heavy atom. The van der Waals surface area contributed by atoms with Gasteiger partial charge in [0.05, 0.1) is 6.04 Å². The molecule has 0 aliphatic heterocycles. The molecule has 0 fully saturated rings. The minimum Gasteiger partial charge on any atom is -0.481 e. The van der Waals surface area contributed by atoms with Crippen LogP contribution in [0.25, 0.3) is 0 Å². The van der Waals surface area contributed by atoms with Gasteiger partial charge in [0.15, 0.2) is 0 Å². The number of carboxylic acids is 1. The first-order valence-corrected chi connectivity index (χ1v) is 4.00. The van der Waals surface area contributed by atoms with Crippen molar-refractivity contribution in [3.05, 3.63) is 19.6 Å². The third-order valence-electron chi connectivity index (χ3n) is 0.986. The minimum atomic E-state index is -0.954. The summed E-state index contributed by atoms with van der Waals surface area (Å²) in [7, 11) is 0. The fraction of sp³-hybridized carbons (Fsp3) is 0.375. The summed E-state index contributed by atoms with van der Waals surface area (Å²) >= 11 is 3.44. The molecule has 0 rings (SSSR count). The van der Waals surface area contributed by atoms with Gasteiger partial charge in [0, 0.05) is 6.42 Å². The molecule has 0 saturated carbocycles. The Kier molecular flexibility index (Phi) is 18.3. The molecule has 0 spiro atoms. The fourth-order valence-electron chi connectivity index (χ4n) is 0.402. The van der Waals surface area contributed by atoms with E-state index in [0.717, 1.165) is 0 Å².